The van der Waals surface area contributed by atoms with Crippen LogP contribution in [0.4, 0.5) is 0 Å². The average Bonchev–Trinajstić information content (AvgIpc) is 2.74. The van der Waals surface area contributed by atoms with Crippen LogP contribution < -0.4 is 21.0 Å². The van der Waals surface area contributed by atoms with Gasteiger partial charge in [-0.1, -0.05) is 0 Å². The van der Waals surface area contributed by atoms with E-state index in [2.05, 4.69) is 16.0 Å². The zero-order chi connectivity index (χ0) is 25.1. The summed E-state index contributed by atoms with van der Waals surface area (Å²) < 4.78 is 46.1. The van der Waals surface area contributed by atoms with Crippen molar-refractivity contribution in [1.82, 2.24) is 16.0 Å². The van der Waals surface area contributed by atoms with Crippen LogP contribution in [0.2, 0.25) is 0 Å². The molecule has 14 nitrogen and oxygen atoms in total. The van der Waals surface area contributed by atoms with Crippen LogP contribution in [0.1, 0.15) is 19.8 Å². The number of rotatable bonds is 20. The molecule has 3 amide bonds. The summed E-state index contributed by atoms with van der Waals surface area (Å²) in [4.78, 5) is 34.0. The largest absolute Gasteiger partial charge is 0.627 e. The highest BCUT2D eigenvalue weighted by molar-refractivity contribution is 7.85. The Morgan fingerprint density at radius 3 is 2.12 bits per heavy atom. The zero-order valence-electron chi connectivity index (χ0n) is 19.1. The number of carbonyl (C=O) groups is 3. The summed E-state index contributed by atoms with van der Waals surface area (Å²) in [5.41, 5.74) is 0. The maximum Gasteiger partial charge on any atom is 0.308 e. The lowest BCUT2D eigenvalue weighted by Gasteiger charge is -2.17. The third-order valence-electron chi connectivity index (χ3n) is 4.15. The molecular formula is C18H36N4O10S. The molecule has 0 rings (SSSR count). The van der Waals surface area contributed by atoms with E-state index in [1.54, 1.807) is 7.05 Å². The molecule has 0 radical (unpaired) electrons. The summed E-state index contributed by atoms with van der Waals surface area (Å²) in [6, 6.07) is -0.521. The minimum atomic E-state index is -4.11. The van der Waals surface area contributed by atoms with Crippen LogP contribution in [0, 0.1) is 5.21 Å². The van der Waals surface area contributed by atoms with E-state index in [9.17, 15) is 28.0 Å². The Bertz CT molecular complexity index is 677. The van der Waals surface area contributed by atoms with Gasteiger partial charge in [-0.3, -0.25) is 14.1 Å². The number of nitrogens with one attached hydrogen (secondary N) is 4. The molecule has 15 heteroatoms. The fourth-order valence-corrected chi connectivity index (χ4v) is 3.20. The van der Waals surface area contributed by atoms with Crippen LogP contribution in [0.25, 0.3) is 0 Å². The van der Waals surface area contributed by atoms with Crippen molar-refractivity contribution in [3.63, 3.8) is 0 Å². The van der Waals surface area contributed by atoms with E-state index < -0.39 is 32.9 Å². The number of quaternary nitrogens is 1. The monoisotopic (exact) mass is 500 g/mol. The maximum atomic E-state index is 11.7. The van der Waals surface area contributed by atoms with Crippen LogP contribution in [0.5, 0.6) is 0 Å². The predicted molar refractivity (Wildman–Crippen MR) is 117 cm³/mol. The van der Waals surface area contributed by atoms with Gasteiger partial charge in [-0.05, 0) is 13.5 Å². The molecule has 0 aliphatic rings. The van der Waals surface area contributed by atoms with Gasteiger partial charge in [-0.15, -0.1) is 0 Å². The highest BCUT2D eigenvalue weighted by Crippen LogP contribution is 2.00. The van der Waals surface area contributed by atoms with Crippen molar-refractivity contribution in [2.24, 2.45) is 0 Å². The fraction of sp³-hybridized carbons (Fsp3) is 0.833. The second-order valence-corrected chi connectivity index (χ2v) is 8.48. The summed E-state index contributed by atoms with van der Waals surface area (Å²) in [7, 11) is -2.56. The highest BCUT2D eigenvalue weighted by Gasteiger charge is 2.16. The maximum absolute atomic E-state index is 11.7. The normalized spacial score (nSPS) is 13.3. The number of ether oxygens (including phenoxy) is 3. The van der Waals surface area contributed by atoms with Crippen molar-refractivity contribution in [3.8, 4) is 0 Å². The number of hydrogen-bond acceptors (Lipinski definition) is 10. The molecule has 0 fully saturated rings. The second-order valence-electron chi connectivity index (χ2n) is 6.98. The summed E-state index contributed by atoms with van der Waals surface area (Å²) in [6.45, 7) is 2.56. The number of hydroxylamine groups is 2. The minimum Gasteiger partial charge on any atom is -0.627 e. The Kier molecular flexibility index (Phi) is 17.7. The average molecular weight is 501 g/mol. The van der Waals surface area contributed by atoms with Gasteiger partial charge in [0, 0.05) is 25.6 Å². The first kappa shape index (κ1) is 31.3. The molecule has 0 aliphatic heterocycles. The Hall–Kier alpha value is -1.72. The Labute approximate surface area is 194 Å². The third-order valence-corrected chi connectivity index (χ3v) is 4.97. The topological polar surface area (TPSA) is 197 Å². The smallest absolute Gasteiger partial charge is 0.308 e. The first-order chi connectivity index (χ1) is 15.5. The van der Waals surface area contributed by atoms with Crippen molar-refractivity contribution in [3.05, 3.63) is 5.21 Å². The molecule has 0 aromatic carbocycles. The second kappa shape index (κ2) is 18.7. The van der Waals surface area contributed by atoms with Gasteiger partial charge < -0.3 is 40.4 Å². The molecule has 0 bridgehead atoms. The van der Waals surface area contributed by atoms with E-state index in [4.69, 9.17) is 18.8 Å². The van der Waals surface area contributed by atoms with Gasteiger partial charge in [0.1, 0.15) is 13.2 Å². The molecule has 0 heterocycles. The standard InChI is InChI=1S/C18H36N4O10S/c1-15(23)22(26)7-10-30-8-6-21-18(25)13-32-12-11-31-9-5-20-17(24)4-3-16(19-2)14-33(27,28)29/h16,19,22H,3-14H2,1-2H3,(H,20,24)(H,21,25)(H,27,28,29). The van der Waals surface area contributed by atoms with Crippen LogP contribution in [-0.2, 0) is 38.7 Å². The van der Waals surface area contributed by atoms with Gasteiger partial charge in [0.2, 0.25) is 11.8 Å². The SMILES string of the molecule is CNC(CCC(=O)NCCOCCOCC(=O)NCCOCC[NH+]([O-])C(C)=O)CS(=O)(=O)O. The molecule has 0 aromatic rings. The lowest BCUT2D eigenvalue weighted by molar-refractivity contribution is -0.765. The molecule has 2 atom stereocenters. The van der Waals surface area contributed by atoms with E-state index in [1.165, 1.54) is 6.92 Å². The highest BCUT2D eigenvalue weighted by atomic mass is 32.2. The van der Waals surface area contributed by atoms with Gasteiger partial charge in [0.25, 0.3) is 10.1 Å². The molecule has 0 saturated carbocycles. The summed E-state index contributed by atoms with van der Waals surface area (Å²) in [5.74, 6) is -1.57. The first-order valence-corrected chi connectivity index (χ1v) is 12.1. The van der Waals surface area contributed by atoms with Crippen LogP contribution >= 0.6 is 0 Å². The minimum absolute atomic E-state index is 0.0178. The van der Waals surface area contributed by atoms with Crippen molar-refractivity contribution in [2.45, 2.75) is 25.8 Å². The zero-order valence-corrected chi connectivity index (χ0v) is 19.9. The van der Waals surface area contributed by atoms with Crippen LogP contribution in [0.3, 0.4) is 0 Å². The van der Waals surface area contributed by atoms with Crippen molar-refractivity contribution in [2.75, 3.05) is 72.1 Å². The van der Waals surface area contributed by atoms with E-state index in [-0.39, 0.29) is 83.9 Å². The predicted octanol–water partition coefficient (Wildman–Crippen LogP) is -3.55. The number of hydrogen-bond donors (Lipinski definition) is 5. The summed E-state index contributed by atoms with van der Waals surface area (Å²) >= 11 is 0. The van der Waals surface area contributed by atoms with E-state index in [1.807, 2.05) is 0 Å². The lowest BCUT2D eigenvalue weighted by Crippen LogP contribution is -3.10. The quantitative estimate of drug-likeness (QED) is 0.0630. The van der Waals surface area contributed by atoms with Gasteiger partial charge >= 0.3 is 5.91 Å². The first-order valence-electron chi connectivity index (χ1n) is 10.5. The van der Waals surface area contributed by atoms with Crippen molar-refractivity contribution in [1.29, 1.82) is 0 Å². The molecule has 0 aromatic heterocycles. The fourth-order valence-electron chi connectivity index (χ4n) is 2.36. The molecule has 0 spiro atoms. The van der Waals surface area contributed by atoms with E-state index >= 15 is 0 Å². The molecule has 2 unspecified atom stereocenters. The van der Waals surface area contributed by atoms with E-state index in [0.29, 0.717) is 0 Å². The molecule has 33 heavy (non-hydrogen) atoms. The third kappa shape index (κ3) is 20.6. The molecule has 5 N–H and O–H groups in total. The Morgan fingerprint density at radius 2 is 1.55 bits per heavy atom. The van der Waals surface area contributed by atoms with Crippen LogP contribution in [0.15, 0.2) is 0 Å². The van der Waals surface area contributed by atoms with Crippen molar-refractivity contribution < 1.29 is 46.6 Å². The summed E-state index contributed by atoms with van der Waals surface area (Å²) in [5, 5.41) is 18.5. The summed E-state index contributed by atoms with van der Waals surface area (Å²) in [6.07, 6.45) is 0.353. The number of carbonyl (C=O) groups excluding carboxylic acids is 3. The molecule has 194 valence electrons. The van der Waals surface area contributed by atoms with Gasteiger partial charge in [-0.2, -0.15) is 8.42 Å². The molecule has 0 aliphatic carbocycles. The number of amides is 3. The Balaban J connectivity index is 3.54. The molecular weight excluding hydrogens is 464 g/mol. The van der Waals surface area contributed by atoms with Crippen LogP contribution in [-0.4, -0.2) is 109 Å². The van der Waals surface area contributed by atoms with Crippen molar-refractivity contribution >= 4 is 27.8 Å². The molecule has 0 saturated heterocycles. The van der Waals surface area contributed by atoms with Gasteiger partial charge in [0.05, 0.1) is 45.7 Å². The Morgan fingerprint density at radius 1 is 0.970 bits per heavy atom. The van der Waals surface area contributed by atoms with Gasteiger partial charge in [-0.25, -0.2) is 4.79 Å². The lowest BCUT2D eigenvalue weighted by atomic mass is 10.2. The van der Waals surface area contributed by atoms with Gasteiger partial charge in [0.15, 0.2) is 0 Å². The van der Waals surface area contributed by atoms with E-state index in [0.717, 1.165) is 0 Å².